The first kappa shape index (κ1) is 18.8. The molecule has 1 saturated carbocycles. The van der Waals surface area contributed by atoms with Crippen molar-refractivity contribution in [2.75, 3.05) is 7.11 Å². The lowest BCUT2D eigenvalue weighted by Crippen LogP contribution is -2.52. The molecule has 3 amide bonds. The predicted octanol–water partition coefficient (Wildman–Crippen LogP) is 1.70. The average molecular weight is 393 g/mol. The highest BCUT2D eigenvalue weighted by Crippen LogP contribution is 2.58. The van der Waals surface area contributed by atoms with Crippen molar-refractivity contribution < 1.29 is 38.5 Å². The van der Waals surface area contributed by atoms with Gasteiger partial charge in [-0.3, -0.25) is 9.59 Å². The van der Waals surface area contributed by atoms with E-state index in [0.29, 0.717) is 10.5 Å². The fraction of sp³-hybridized carbons (Fsp3) is 0.526. The van der Waals surface area contributed by atoms with Crippen LogP contribution in [0.3, 0.4) is 0 Å². The Balaban J connectivity index is 1.69. The van der Waals surface area contributed by atoms with Crippen LogP contribution >= 0.6 is 0 Å². The molecule has 0 bridgehead atoms. The van der Waals surface area contributed by atoms with Gasteiger partial charge in [0, 0.05) is 11.8 Å². The van der Waals surface area contributed by atoms with Gasteiger partial charge in [-0.25, -0.2) is 9.18 Å². The van der Waals surface area contributed by atoms with E-state index in [2.05, 4.69) is 4.74 Å². The van der Waals surface area contributed by atoms with Crippen molar-refractivity contribution in [3.8, 4) is 5.75 Å². The third kappa shape index (κ3) is 2.46. The van der Waals surface area contributed by atoms with Crippen molar-refractivity contribution in [3.05, 3.63) is 29.6 Å². The number of phenols is 1. The number of hydrogen-bond acceptors (Lipinski definition) is 7. The molecule has 0 aromatic heterocycles. The van der Waals surface area contributed by atoms with Crippen LogP contribution in [0.15, 0.2) is 18.2 Å². The number of phenolic OH excluding ortho intramolecular Hbond substituents is 1. The summed E-state index contributed by atoms with van der Waals surface area (Å²) in [5.74, 6) is -7.25. The maximum Gasteiger partial charge on any atom is 0.423 e. The number of aromatic hydroxyl groups is 1. The van der Waals surface area contributed by atoms with Gasteiger partial charge in [-0.2, -0.15) is 4.90 Å². The Kier molecular flexibility index (Phi) is 4.20. The minimum atomic E-state index is -1.69. The fourth-order valence-electron chi connectivity index (χ4n) is 4.85. The van der Waals surface area contributed by atoms with E-state index in [4.69, 9.17) is 4.74 Å². The number of carbonyl (C=O) groups excluding carboxylic acids is 3. The molecule has 3 fully saturated rings. The van der Waals surface area contributed by atoms with Gasteiger partial charge in [0.25, 0.3) is 0 Å². The van der Waals surface area contributed by atoms with Crippen LogP contribution in [-0.2, 0) is 19.1 Å². The molecule has 9 heteroatoms. The zero-order valence-corrected chi connectivity index (χ0v) is 15.3. The molecule has 1 aliphatic carbocycles. The highest BCUT2D eigenvalue weighted by molar-refractivity contribution is 6.15. The summed E-state index contributed by atoms with van der Waals surface area (Å²) in [6.07, 6.45) is -1.43. The number of aliphatic hydroxyl groups is 1. The van der Waals surface area contributed by atoms with Gasteiger partial charge in [0.15, 0.2) is 17.4 Å². The number of rotatable bonds is 1. The Morgan fingerprint density at radius 2 is 2.04 bits per heavy atom. The molecular weight excluding hydrogens is 373 g/mol. The number of fused-ring (bicyclic) bond motifs is 3. The normalized spacial score (nSPS) is 37.0. The van der Waals surface area contributed by atoms with Crippen molar-refractivity contribution in [2.24, 2.45) is 23.7 Å². The fourth-order valence-corrected chi connectivity index (χ4v) is 4.85. The maximum absolute atomic E-state index is 13.8. The van der Waals surface area contributed by atoms with Gasteiger partial charge in [-0.15, -0.1) is 0 Å². The standard InChI is InChI=1S/C19H20FNO7/c1-8-5-10-15(17(24)21(16(10)23)18(25)27-2)11-7-14(28-19(8,11)26)9-3-4-13(22)12(20)6-9/h3-4,6,8,10-11,14-15,22,26H,5,7H2,1-2H3/t8-,10-,11-,14-,15-,19+/m0/s1. The molecule has 0 radical (unpaired) electrons. The number of halogens is 1. The summed E-state index contributed by atoms with van der Waals surface area (Å²) in [5.41, 5.74) is 0.406. The quantitative estimate of drug-likeness (QED) is 0.698. The Morgan fingerprint density at radius 3 is 2.68 bits per heavy atom. The van der Waals surface area contributed by atoms with Gasteiger partial charge >= 0.3 is 6.09 Å². The Morgan fingerprint density at radius 1 is 1.32 bits per heavy atom. The minimum Gasteiger partial charge on any atom is -0.505 e. The molecule has 1 aromatic carbocycles. The molecule has 0 unspecified atom stereocenters. The van der Waals surface area contributed by atoms with Gasteiger partial charge in [0.2, 0.25) is 11.8 Å². The molecule has 1 aromatic rings. The van der Waals surface area contributed by atoms with Crippen molar-refractivity contribution in [3.63, 3.8) is 0 Å². The SMILES string of the molecule is COC(=O)N1C(=O)[C@H]2[C@H](C[C@H](C)[C@@]3(O)O[C@H](c4ccc(O)c(F)c4)C[C@@H]23)C1=O. The number of carbonyl (C=O) groups is 3. The average Bonchev–Trinajstić information content (AvgIpc) is 3.13. The summed E-state index contributed by atoms with van der Waals surface area (Å²) in [6, 6.07) is 3.79. The van der Waals surface area contributed by atoms with Crippen molar-refractivity contribution in [2.45, 2.75) is 31.7 Å². The molecule has 3 aliphatic rings. The van der Waals surface area contributed by atoms with E-state index in [-0.39, 0.29) is 12.8 Å². The van der Waals surface area contributed by atoms with E-state index >= 15 is 0 Å². The zero-order valence-electron chi connectivity index (χ0n) is 15.3. The number of methoxy groups -OCH3 is 1. The second kappa shape index (κ2) is 6.25. The lowest BCUT2D eigenvalue weighted by Gasteiger charge is -2.43. The van der Waals surface area contributed by atoms with Gasteiger partial charge in [-0.1, -0.05) is 13.0 Å². The molecule has 0 spiro atoms. The van der Waals surface area contributed by atoms with Crippen LogP contribution < -0.4 is 0 Å². The van der Waals surface area contributed by atoms with Crippen molar-refractivity contribution in [1.29, 1.82) is 0 Å². The topological polar surface area (TPSA) is 113 Å². The van der Waals surface area contributed by atoms with E-state index in [1.54, 1.807) is 6.92 Å². The molecular formula is C19H20FNO7. The summed E-state index contributed by atoms with van der Waals surface area (Å²) in [7, 11) is 1.08. The number of nitrogens with zero attached hydrogens (tertiary/aromatic N) is 1. The van der Waals surface area contributed by atoms with Gasteiger partial charge < -0.3 is 19.7 Å². The number of imide groups is 3. The van der Waals surface area contributed by atoms with Crippen LogP contribution in [0, 0.1) is 29.5 Å². The van der Waals surface area contributed by atoms with Gasteiger partial charge in [0.05, 0.1) is 25.0 Å². The molecule has 2 N–H and O–H groups in total. The summed E-state index contributed by atoms with van der Waals surface area (Å²) >= 11 is 0. The van der Waals surface area contributed by atoms with Gasteiger partial charge in [-0.05, 0) is 30.5 Å². The highest BCUT2D eigenvalue weighted by Gasteiger charge is 2.66. The second-order valence-electron chi connectivity index (χ2n) is 7.66. The summed E-state index contributed by atoms with van der Waals surface area (Å²) in [4.78, 5) is 37.8. The molecule has 2 heterocycles. The van der Waals surface area contributed by atoms with Crippen molar-refractivity contribution >= 4 is 17.9 Å². The largest absolute Gasteiger partial charge is 0.505 e. The number of ether oxygens (including phenoxy) is 2. The molecule has 4 rings (SSSR count). The zero-order chi connectivity index (χ0) is 20.4. The van der Waals surface area contributed by atoms with E-state index < -0.39 is 65.0 Å². The predicted molar refractivity (Wildman–Crippen MR) is 90.0 cm³/mol. The monoisotopic (exact) mass is 393 g/mol. The lowest BCUT2D eigenvalue weighted by atomic mass is 9.65. The summed E-state index contributed by atoms with van der Waals surface area (Å²) in [6.45, 7) is 1.71. The number of likely N-dealkylation sites (tertiary alicyclic amines) is 1. The van der Waals surface area contributed by atoms with E-state index in [1.807, 2.05) is 0 Å². The summed E-state index contributed by atoms with van der Waals surface area (Å²) in [5, 5.41) is 20.6. The van der Waals surface area contributed by atoms with E-state index in [9.17, 15) is 29.0 Å². The Labute approximate surface area is 159 Å². The van der Waals surface area contributed by atoms with Crippen molar-refractivity contribution in [1.82, 2.24) is 4.90 Å². The maximum atomic E-state index is 13.8. The molecule has 28 heavy (non-hydrogen) atoms. The van der Waals surface area contributed by atoms with Crippen LogP contribution in [0.25, 0.3) is 0 Å². The molecule has 8 nitrogen and oxygen atoms in total. The number of benzene rings is 1. The molecule has 150 valence electrons. The van der Waals surface area contributed by atoms with Crippen LogP contribution in [0.5, 0.6) is 5.75 Å². The number of hydrogen-bond donors (Lipinski definition) is 2. The van der Waals surface area contributed by atoms with E-state index in [0.717, 1.165) is 13.2 Å². The minimum absolute atomic E-state index is 0.167. The first-order valence-electron chi connectivity index (χ1n) is 9.03. The lowest BCUT2D eigenvalue weighted by molar-refractivity contribution is -0.265. The van der Waals surface area contributed by atoms with Crippen LogP contribution in [0.1, 0.15) is 31.4 Å². The summed E-state index contributed by atoms with van der Waals surface area (Å²) < 4.78 is 24.2. The third-order valence-corrected chi connectivity index (χ3v) is 6.25. The molecule has 6 atom stereocenters. The third-order valence-electron chi connectivity index (χ3n) is 6.25. The molecule has 2 saturated heterocycles. The van der Waals surface area contributed by atoms with Gasteiger partial charge in [0.1, 0.15) is 0 Å². The Hall–Kier alpha value is -2.52. The van der Waals surface area contributed by atoms with Crippen LogP contribution in [0.4, 0.5) is 9.18 Å². The second-order valence-corrected chi connectivity index (χ2v) is 7.66. The first-order valence-corrected chi connectivity index (χ1v) is 9.03. The van der Waals surface area contributed by atoms with Crippen LogP contribution in [-0.4, -0.2) is 45.9 Å². The first-order chi connectivity index (χ1) is 13.2. The highest BCUT2D eigenvalue weighted by atomic mass is 19.1. The molecule has 2 aliphatic heterocycles. The van der Waals surface area contributed by atoms with E-state index in [1.165, 1.54) is 12.1 Å². The Bertz CT molecular complexity index is 874. The van der Waals surface area contributed by atoms with Crippen LogP contribution in [0.2, 0.25) is 0 Å². The number of amides is 3. The smallest absolute Gasteiger partial charge is 0.423 e.